The highest BCUT2D eigenvalue weighted by Crippen LogP contribution is 2.12. The molecule has 0 amide bonds. The third kappa shape index (κ3) is 5.43. The van der Waals surface area contributed by atoms with Gasteiger partial charge < -0.3 is 10.1 Å². The molecule has 0 radical (unpaired) electrons. The Bertz CT molecular complexity index is 273. The zero-order valence-corrected chi connectivity index (χ0v) is 9.75. The minimum atomic E-state index is 0.792. The van der Waals surface area contributed by atoms with Crippen LogP contribution in [0.2, 0.25) is 0 Å². The highest BCUT2D eigenvalue weighted by atomic mass is 16.5. The number of ether oxygens (including phenoxy) is 1. The second kappa shape index (κ2) is 7.30. The lowest BCUT2D eigenvalue weighted by Crippen LogP contribution is -2.18. The van der Waals surface area contributed by atoms with Crippen LogP contribution < -0.4 is 10.1 Å². The molecule has 0 aromatic heterocycles. The maximum Gasteiger partial charge on any atom is 0.119 e. The number of nitrogens with one attached hydrogen (secondary N) is 1. The van der Waals surface area contributed by atoms with E-state index in [0.717, 1.165) is 31.9 Å². The van der Waals surface area contributed by atoms with Gasteiger partial charge in [0.2, 0.25) is 0 Å². The highest BCUT2D eigenvalue weighted by Gasteiger charge is 1.93. The minimum absolute atomic E-state index is 0.792. The maximum atomic E-state index is 5.63. The summed E-state index contributed by atoms with van der Waals surface area (Å²) in [5, 5.41) is 3.35. The van der Waals surface area contributed by atoms with Crippen molar-refractivity contribution >= 4 is 0 Å². The SMILES string of the molecule is CCCNCCCOc1cccc(C)c1. The van der Waals surface area contributed by atoms with Crippen molar-refractivity contribution in [2.45, 2.75) is 26.7 Å². The lowest BCUT2D eigenvalue weighted by molar-refractivity contribution is 0.308. The van der Waals surface area contributed by atoms with Crippen molar-refractivity contribution in [3.05, 3.63) is 29.8 Å². The summed E-state index contributed by atoms with van der Waals surface area (Å²) in [6.07, 6.45) is 2.26. The first-order valence-corrected chi connectivity index (χ1v) is 5.73. The molecule has 0 fully saturated rings. The highest BCUT2D eigenvalue weighted by molar-refractivity contribution is 5.27. The van der Waals surface area contributed by atoms with E-state index in [9.17, 15) is 0 Å². The number of rotatable bonds is 7. The predicted octanol–water partition coefficient (Wildman–Crippen LogP) is 2.76. The van der Waals surface area contributed by atoms with Crippen LogP contribution in [0.25, 0.3) is 0 Å². The van der Waals surface area contributed by atoms with Crippen LogP contribution in [0.15, 0.2) is 24.3 Å². The maximum absolute atomic E-state index is 5.63. The van der Waals surface area contributed by atoms with Crippen LogP contribution >= 0.6 is 0 Å². The zero-order valence-electron chi connectivity index (χ0n) is 9.75. The molecule has 0 saturated heterocycles. The molecule has 0 aliphatic heterocycles. The molecule has 2 heteroatoms. The number of hydrogen-bond donors (Lipinski definition) is 1. The van der Waals surface area contributed by atoms with E-state index in [-0.39, 0.29) is 0 Å². The van der Waals surface area contributed by atoms with Crippen LogP contribution in [0.5, 0.6) is 5.75 Å². The van der Waals surface area contributed by atoms with Gasteiger partial charge in [0.05, 0.1) is 6.61 Å². The van der Waals surface area contributed by atoms with Crippen LogP contribution in [-0.4, -0.2) is 19.7 Å². The number of hydrogen-bond acceptors (Lipinski definition) is 2. The third-order valence-electron chi connectivity index (χ3n) is 2.18. The zero-order chi connectivity index (χ0) is 10.9. The summed E-state index contributed by atoms with van der Waals surface area (Å²) in [7, 11) is 0. The summed E-state index contributed by atoms with van der Waals surface area (Å²) in [5.41, 5.74) is 1.25. The molecule has 0 aliphatic rings. The van der Waals surface area contributed by atoms with E-state index in [4.69, 9.17) is 4.74 Å². The van der Waals surface area contributed by atoms with Crippen molar-refractivity contribution in [1.29, 1.82) is 0 Å². The Morgan fingerprint density at radius 3 is 2.87 bits per heavy atom. The summed E-state index contributed by atoms with van der Waals surface area (Å²) in [4.78, 5) is 0. The lowest BCUT2D eigenvalue weighted by atomic mass is 10.2. The van der Waals surface area contributed by atoms with Crippen molar-refractivity contribution in [1.82, 2.24) is 5.32 Å². The Kier molecular flexibility index (Phi) is 5.86. The van der Waals surface area contributed by atoms with Gasteiger partial charge in [0.25, 0.3) is 0 Å². The van der Waals surface area contributed by atoms with Crippen molar-refractivity contribution in [3.63, 3.8) is 0 Å². The molecule has 1 aromatic carbocycles. The minimum Gasteiger partial charge on any atom is -0.494 e. The van der Waals surface area contributed by atoms with Crippen molar-refractivity contribution in [2.24, 2.45) is 0 Å². The molecule has 0 bridgehead atoms. The molecule has 84 valence electrons. The van der Waals surface area contributed by atoms with E-state index < -0.39 is 0 Å². The lowest BCUT2D eigenvalue weighted by Gasteiger charge is -2.07. The summed E-state index contributed by atoms with van der Waals surface area (Å²) in [6.45, 7) is 7.19. The fraction of sp³-hybridized carbons (Fsp3) is 0.538. The van der Waals surface area contributed by atoms with Gasteiger partial charge in [-0.25, -0.2) is 0 Å². The fourth-order valence-electron chi connectivity index (χ4n) is 1.39. The molecule has 1 rings (SSSR count). The average Bonchev–Trinajstić information content (AvgIpc) is 2.23. The van der Waals surface area contributed by atoms with Crippen LogP contribution in [0.1, 0.15) is 25.3 Å². The number of benzene rings is 1. The average molecular weight is 207 g/mol. The van der Waals surface area contributed by atoms with E-state index in [1.165, 1.54) is 12.0 Å². The molecule has 0 aliphatic carbocycles. The topological polar surface area (TPSA) is 21.3 Å². The Balaban J connectivity index is 2.10. The van der Waals surface area contributed by atoms with E-state index in [2.05, 4.69) is 31.3 Å². The van der Waals surface area contributed by atoms with E-state index in [0.29, 0.717) is 0 Å². The molecule has 2 nitrogen and oxygen atoms in total. The molecular formula is C13H21NO. The van der Waals surface area contributed by atoms with Crippen molar-refractivity contribution in [2.75, 3.05) is 19.7 Å². The van der Waals surface area contributed by atoms with Gasteiger partial charge in [-0.05, 0) is 50.6 Å². The van der Waals surface area contributed by atoms with Gasteiger partial charge in [0.1, 0.15) is 5.75 Å². The van der Waals surface area contributed by atoms with Gasteiger partial charge in [-0.15, -0.1) is 0 Å². The first kappa shape index (κ1) is 12.1. The van der Waals surface area contributed by atoms with Crippen molar-refractivity contribution < 1.29 is 4.74 Å². The van der Waals surface area contributed by atoms with Crippen LogP contribution in [0, 0.1) is 6.92 Å². The van der Waals surface area contributed by atoms with Crippen molar-refractivity contribution in [3.8, 4) is 5.75 Å². The molecule has 0 unspecified atom stereocenters. The molecule has 0 atom stereocenters. The van der Waals surface area contributed by atoms with Gasteiger partial charge in [-0.3, -0.25) is 0 Å². The summed E-state index contributed by atoms with van der Waals surface area (Å²) < 4.78 is 5.63. The normalized spacial score (nSPS) is 10.3. The second-order valence-electron chi connectivity index (χ2n) is 3.77. The van der Waals surface area contributed by atoms with Crippen LogP contribution in [0.3, 0.4) is 0 Å². The summed E-state index contributed by atoms with van der Waals surface area (Å²) in [6, 6.07) is 8.18. The number of aryl methyl sites for hydroxylation is 1. The van der Waals surface area contributed by atoms with Crippen LogP contribution in [0.4, 0.5) is 0 Å². The van der Waals surface area contributed by atoms with Gasteiger partial charge in [-0.2, -0.15) is 0 Å². The quantitative estimate of drug-likeness (QED) is 0.694. The molecular weight excluding hydrogens is 186 g/mol. The Labute approximate surface area is 92.6 Å². The van der Waals surface area contributed by atoms with Crippen LogP contribution in [-0.2, 0) is 0 Å². The first-order valence-electron chi connectivity index (χ1n) is 5.73. The molecule has 1 aromatic rings. The molecule has 0 spiro atoms. The Morgan fingerprint density at radius 1 is 1.27 bits per heavy atom. The predicted molar refractivity (Wildman–Crippen MR) is 64.5 cm³/mol. The van der Waals surface area contributed by atoms with E-state index in [1.807, 2.05) is 12.1 Å². The summed E-state index contributed by atoms with van der Waals surface area (Å²) in [5.74, 6) is 0.977. The smallest absolute Gasteiger partial charge is 0.119 e. The third-order valence-corrected chi connectivity index (χ3v) is 2.18. The Morgan fingerprint density at radius 2 is 2.13 bits per heavy atom. The van der Waals surface area contributed by atoms with Gasteiger partial charge in [0, 0.05) is 0 Å². The Hall–Kier alpha value is -1.02. The largest absolute Gasteiger partial charge is 0.494 e. The van der Waals surface area contributed by atoms with E-state index >= 15 is 0 Å². The second-order valence-corrected chi connectivity index (χ2v) is 3.77. The van der Waals surface area contributed by atoms with Gasteiger partial charge >= 0.3 is 0 Å². The summed E-state index contributed by atoms with van der Waals surface area (Å²) >= 11 is 0. The standard InChI is InChI=1S/C13H21NO/c1-3-8-14-9-5-10-15-13-7-4-6-12(2)11-13/h4,6-7,11,14H,3,5,8-10H2,1-2H3. The monoisotopic (exact) mass is 207 g/mol. The molecule has 15 heavy (non-hydrogen) atoms. The van der Waals surface area contributed by atoms with E-state index in [1.54, 1.807) is 0 Å². The molecule has 0 heterocycles. The molecule has 1 N–H and O–H groups in total. The fourth-order valence-corrected chi connectivity index (χ4v) is 1.39. The first-order chi connectivity index (χ1) is 7.33. The molecule has 0 saturated carbocycles. The van der Waals surface area contributed by atoms with Gasteiger partial charge in [0.15, 0.2) is 0 Å². The van der Waals surface area contributed by atoms with Gasteiger partial charge in [-0.1, -0.05) is 19.1 Å².